The van der Waals surface area contributed by atoms with Crippen LogP contribution in [-0.4, -0.2) is 24.3 Å². The van der Waals surface area contributed by atoms with Crippen LogP contribution in [0.3, 0.4) is 0 Å². The largest absolute Gasteiger partial charge is 0.416 e. The maximum absolute atomic E-state index is 12.7. The van der Waals surface area contributed by atoms with E-state index in [1.807, 2.05) is 0 Å². The van der Waals surface area contributed by atoms with Gasteiger partial charge in [0, 0.05) is 19.4 Å². The summed E-state index contributed by atoms with van der Waals surface area (Å²) < 4.78 is 38.0. The fourth-order valence-corrected chi connectivity index (χ4v) is 2.78. The van der Waals surface area contributed by atoms with Crippen LogP contribution in [0, 0.1) is 0 Å². The highest BCUT2D eigenvalue weighted by Crippen LogP contribution is 2.30. The molecule has 0 saturated heterocycles. The van der Waals surface area contributed by atoms with Crippen molar-refractivity contribution < 1.29 is 27.6 Å². The van der Waals surface area contributed by atoms with Crippen molar-refractivity contribution in [3.05, 3.63) is 65.2 Å². The number of alkyl halides is 3. The average molecular weight is 421 g/mol. The van der Waals surface area contributed by atoms with Crippen LogP contribution in [0.25, 0.3) is 0 Å². The van der Waals surface area contributed by atoms with Crippen LogP contribution in [0.4, 0.5) is 18.9 Å². The molecule has 6 nitrogen and oxygen atoms in total. The molecule has 0 aliphatic heterocycles. The molecule has 9 heteroatoms. The normalized spacial score (nSPS) is 12.1. The molecule has 30 heavy (non-hydrogen) atoms. The lowest BCUT2D eigenvalue weighted by Gasteiger charge is -2.15. The summed E-state index contributed by atoms with van der Waals surface area (Å²) in [5, 5.41) is 5.20. The van der Waals surface area contributed by atoms with Gasteiger partial charge in [0.2, 0.25) is 11.8 Å². The van der Waals surface area contributed by atoms with Gasteiger partial charge >= 0.3 is 6.18 Å². The fourth-order valence-electron chi connectivity index (χ4n) is 2.78. The van der Waals surface area contributed by atoms with Crippen molar-refractivity contribution in [2.45, 2.75) is 31.9 Å². The Hall–Kier alpha value is -3.36. The van der Waals surface area contributed by atoms with E-state index in [0.29, 0.717) is 11.3 Å². The van der Waals surface area contributed by atoms with E-state index in [1.54, 1.807) is 25.1 Å². The van der Waals surface area contributed by atoms with Gasteiger partial charge in [-0.25, -0.2) is 0 Å². The molecule has 2 rings (SSSR count). The Balaban J connectivity index is 2.01. The first-order chi connectivity index (χ1) is 14.1. The number of rotatable bonds is 8. The molecule has 1 unspecified atom stereocenters. The number of benzene rings is 2. The lowest BCUT2D eigenvalue weighted by molar-refractivity contribution is -0.137. The Bertz CT molecular complexity index is 912. The molecule has 2 aromatic carbocycles. The third kappa shape index (κ3) is 6.61. The quantitative estimate of drug-likeness (QED) is 0.609. The van der Waals surface area contributed by atoms with Crippen LogP contribution in [0.1, 0.15) is 47.2 Å². The smallest absolute Gasteiger partial charge is 0.370 e. The first kappa shape index (κ1) is 22.9. The molecule has 0 radical (unpaired) electrons. The summed E-state index contributed by atoms with van der Waals surface area (Å²) >= 11 is 0. The van der Waals surface area contributed by atoms with E-state index in [-0.39, 0.29) is 36.8 Å². The van der Waals surface area contributed by atoms with Crippen molar-refractivity contribution in [2.24, 2.45) is 5.73 Å². The zero-order valence-electron chi connectivity index (χ0n) is 16.3. The predicted octanol–water partition coefficient (Wildman–Crippen LogP) is 3.44. The van der Waals surface area contributed by atoms with E-state index in [1.165, 1.54) is 18.2 Å². The first-order valence-electron chi connectivity index (χ1n) is 9.20. The molecule has 0 fully saturated rings. The van der Waals surface area contributed by atoms with Crippen molar-refractivity contribution in [1.29, 1.82) is 0 Å². The summed E-state index contributed by atoms with van der Waals surface area (Å²) in [6.07, 6.45) is -4.41. The molecule has 0 saturated carbocycles. The highest BCUT2D eigenvalue weighted by atomic mass is 19.4. The molecule has 3 amide bonds. The van der Waals surface area contributed by atoms with E-state index < -0.39 is 23.6 Å². The van der Waals surface area contributed by atoms with E-state index >= 15 is 0 Å². The molecule has 0 heterocycles. The van der Waals surface area contributed by atoms with Gasteiger partial charge in [0.25, 0.3) is 5.91 Å². The fraction of sp³-hybridized carbons (Fsp3) is 0.286. The highest BCUT2D eigenvalue weighted by Gasteiger charge is 2.30. The molecule has 160 valence electrons. The molecule has 0 bridgehead atoms. The summed E-state index contributed by atoms with van der Waals surface area (Å²) in [5.41, 5.74) is 5.39. The van der Waals surface area contributed by atoms with Gasteiger partial charge in [0.1, 0.15) is 0 Å². The SMILES string of the molecule is CC(CC(=O)Nc1ccccc1C(=O)NCCC(N)=O)c1ccc(C(F)(F)F)cc1. The van der Waals surface area contributed by atoms with E-state index in [9.17, 15) is 27.6 Å². The molecule has 1 atom stereocenters. The number of carbonyl (C=O) groups excluding carboxylic acids is 3. The van der Waals surface area contributed by atoms with E-state index in [0.717, 1.165) is 12.1 Å². The first-order valence-corrected chi connectivity index (χ1v) is 9.20. The minimum Gasteiger partial charge on any atom is -0.370 e. The summed E-state index contributed by atoms with van der Waals surface area (Å²) in [4.78, 5) is 35.5. The Morgan fingerprint density at radius 3 is 2.27 bits per heavy atom. The van der Waals surface area contributed by atoms with Crippen LogP contribution in [0.5, 0.6) is 0 Å². The minimum absolute atomic E-state index is 0.00902. The van der Waals surface area contributed by atoms with Gasteiger partial charge in [-0.3, -0.25) is 14.4 Å². The molecule has 0 aliphatic carbocycles. The standard InChI is InChI=1S/C21H22F3N3O3/c1-13(14-6-8-15(9-7-14)21(22,23)24)12-19(29)27-17-5-3-2-4-16(17)20(30)26-11-10-18(25)28/h2-9,13H,10-12H2,1H3,(H2,25,28)(H,26,30)(H,27,29). The molecule has 0 spiro atoms. The Morgan fingerprint density at radius 1 is 1.03 bits per heavy atom. The van der Waals surface area contributed by atoms with Gasteiger partial charge in [-0.1, -0.05) is 31.2 Å². The monoisotopic (exact) mass is 421 g/mol. The van der Waals surface area contributed by atoms with E-state index in [2.05, 4.69) is 10.6 Å². The number of hydrogen-bond acceptors (Lipinski definition) is 3. The lowest BCUT2D eigenvalue weighted by atomic mass is 9.96. The number of nitrogens with one attached hydrogen (secondary N) is 2. The average Bonchev–Trinajstić information content (AvgIpc) is 2.67. The Labute approximate surface area is 171 Å². The minimum atomic E-state index is -4.42. The number of para-hydroxylation sites is 1. The maximum atomic E-state index is 12.7. The van der Waals surface area contributed by atoms with Crippen molar-refractivity contribution in [3.63, 3.8) is 0 Å². The van der Waals surface area contributed by atoms with Crippen molar-refractivity contribution in [2.75, 3.05) is 11.9 Å². The van der Waals surface area contributed by atoms with Gasteiger partial charge in [0.15, 0.2) is 0 Å². The van der Waals surface area contributed by atoms with Crippen molar-refractivity contribution in [1.82, 2.24) is 5.32 Å². The summed E-state index contributed by atoms with van der Waals surface area (Å²) in [5.74, 6) is -1.74. The number of carbonyl (C=O) groups is 3. The third-order valence-corrected chi connectivity index (χ3v) is 4.40. The zero-order valence-corrected chi connectivity index (χ0v) is 16.3. The number of amides is 3. The van der Waals surface area contributed by atoms with Gasteiger partial charge in [-0.05, 0) is 35.7 Å². The predicted molar refractivity (Wildman–Crippen MR) is 106 cm³/mol. The number of halogens is 3. The molecule has 0 aliphatic rings. The van der Waals surface area contributed by atoms with Crippen LogP contribution in [0.2, 0.25) is 0 Å². The lowest BCUT2D eigenvalue weighted by Crippen LogP contribution is -2.29. The maximum Gasteiger partial charge on any atom is 0.416 e. The van der Waals surface area contributed by atoms with E-state index in [4.69, 9.17) is 5.73 Å². The number of hydrogen-bond donors (Lipinski definition) is 3. The van der Waals surface area contributed by atoms with Crippen molar-refractivity contribution >= 4 is 23.4 Å². The second-order valence-corrected chi connectivity index (χ2v) is 6.79. The molecule has 0 aromatic heterocycles. The van der Waals surface area contributed by atoms with Gasteiger partial charge in [-0.2, -0.15) is 13.2 Å². The zero-order chi connectivity index (χ0) is 22.3. The highest BCUT2D eigenvalue weighted by molar-refractivity contribution is 6.03. The molecule has 2 aromatic rings. The molecule has 4 N–H and O–H groups in total. The summed E-state index contributed by atoms with van der Waals surface area (Å²) in [6, 6.07) is 11.0. The number of anilines is 1. The summed E-state index contributed by atoms with van der Waals surface area (Å²) in [6.45, 7) is 1.80. The Morgan fingerprint density at radius 2 is 1.67 bits per heavy atom. The molecular weight excluding hydrogens is 399 g/mol. The van der Waals surface area contributed by atoms with Gasteiger partial charge in [-0.15, -0.1) is 0 Å². The Kier molecular flexibility index (Phi) is 7.57. The number of nitrogens with two attached hydrogens (primary N) is 1. The van der Waals surface area contributed by atoms with Crippen molar-refractivity contribution in [3.8, 4) is 0 Å². The van der Waals surface area contributed by atoms with Crippen LogP contribution < -0.4 is 16.4 Å². The van der Waals surface area contributed by atoms with Crippen LogP contribution >= 0.6 is 0 Å². The third-order valence-electron chi connectivity index (χ3n) is 4.40. The number of primary amides is 1. The van der Waals surface area contributed by atoms with Gasteiger partial charge < -0.3 is 16.4 Å². The van der Waals surface area contributed by atoms with Crippen LogP contribution in [0.15, 0.2) is 48.5 Å². The second kappa shape index (κ2) is 9.91. The van der Waals surface area contributed by atoms with Gasteiger partial charge in [0.05, 0.1) is 16.8 Å². The molecular formula is C21H22F3N3O3. The second-order valence-electron chi connectivity index (χ2n) is 6.79. The van der Waals surface area contributed by atoms with Crippen LogP contribution in [-0.2, 0) is 15.8 Å². The summed E-state index contributed by atoms with van der Waals surface area (Å²) in [7, 11) is 0. The topological polar surface area (TPSA) is 101 Å².